The molecule has 4 nitrogen and oxygen atoms in total. The van der Waals surface area contributed by atoms with E-state index in [1.807, 2.05) is 6.92 Å². The van der Waals surface area contributed by atoms with Crippen LogP contribution in [-0.4, -0.2) is 23.2 Å². The first kappa shape index (κ1) is 13.2. The van der Waals surface area contributed by atoms with Crippen molar-refractivity contribution in [1.82, 2.24) is 10.1 Å². The summed E-state index contributed by atoms with van der Waals surface area (Å²) in [5, 5.41) is 4.11. The second-order valence-electron chi connectivity index (χ2n) is 5.79. The normalized spacial score (nSPS) is 23.0. The first-order valence-corrected chi connectivity index (χ1v) is 7.34. The fourth-order valence-corrected chi connectivity index (χ4v) is 3.00. The number of hydrogen-bond acceptors (Lipinski definition) is 4. The number of hydrogen-bond donors (Lipinski definition) is 0. The van der Waals surface area contributed by atoms with Gasteiger partial charge in [0.15, 0.2) is 0 Å². The lowest BCUT2D eigenvalue weighted by atomic mass is 9.76. The van der Waals surface area contributed by atoms with E-state index in [-0.39, 0.29) is 5.41 Å². The van der Waals surface area contributed by atoms with E-state index in [0.29, 0.717) is 5.89 Å². The minimum Gasteiger partial charge on any atom is -0.337 e. The lowest BCUT2D eigenvalue weighted by molar-refractivity contribution is 0.357. The van der Waals surface area contributed by atoms with Crippen molar-refractivity contribution in [2.45, 2.75) is 38.5 Å². The quantitative estimate of drug-likeness (QED) is 0.859. The lowest BCUT2D eigenvalue weighted by Gasteiger charge is -2.40. The highest BCUT2D eigenvalue weighted by Crippen LogP contribution is 2.34. The molecule has 1 saturated heterocycles. The van der Waals surface area contributed by atoms with Crippen molar-refractivity contribution in [3.8, 4) is 0 Å². The monoisotopic (exact) mass is 271 g/mol. The summed E-state index contributed by atoms with van der Waals surface area (Å²) < 4.78 is 5.24. The molecule has 1 aromatic heterocycles. The van der Waals surface area contributed by atoms with Gasteiger partial charge in [-0.2, -0.15) is 4.98 Å². The van der Waals surface area contributed by atoms with E-state index in [1.54, 1.807) is 0 Å². The number of piperidine rings is 1. The summed E-state index contributed by atoms with van der Waals surface area (Å²) in [6, 6.07) is 10.7. The van der Waals surface area contributed by atoms with Crippen LogP contribution in [0.4, 0.5) is 5.95 Å². The van der Waals surface area contributed by atoms with E-state index >= 15 is 0 Å². The minimum absolute atomic E-state index is 0.159. The number of benzene rings is 1. The third-order valence-corrected chi connectivity index (χ3v) is 4.21. The van der Waals surface area contributed by atoms with Crippen LogP contribution in [0, 0.1) is 0 Å². The summed E-state index contributed by atoms with van der Waals surface area (Å²) in [6.45, 7) is 6.31. The maximum absolute atomic E-state index is 5.24. The van der Waals surface area contributed by atoms with E-state index in [0.717, 1.165) is 31.9 Å². The Morgan fingerprint density at radius 3 is 2.80 bits per heavy atom. The molecule has 1 aliphatic heterocycles. The molecule has 1 fully saturated rings. The van der Waals surface area contributed by atoms with Crippen LogP contribution in [0.2, 0.25) is 0 Å². The van der Waals surface area contributed by atoms with Crippen molar-refractivity contribution in [1.29, 1.82) is 0 Å². The molecule has 4 heteroatoms. The number of nitrogens with zero attached hydrogens (tertiary/aromatic N) is 3. The second kappa shape index (κ2) is 5.27. The highest BCUT2D eigenvalue weighted by Gasteiger charge is 2.34. The standard InChI is InChI=1S/C16H21N3O/c1-3-14-17-15(18-20-14)19-11-7-10-16(2,12-19)13-8-5-4-6-9-13/h4-6,8-9H,3,7,10-12H2,1-2H3/t16-/m1/s1. The maximum Gasteiger partial charge on any atom is 0.266 e. The molecule has 0 N–H and O–H groups in total. The molecule has 0 bridgehead atoms. The molecule has 0 spiro atoms. The van der Waals surface area contributed by atoms with E-state index in [4.69, 9.17) is 4.52 Å². The zero-order valence-electron chi connectivity index (χ0n) is 12.2. The fraction of sp³-hybridized carbons (Fsp3) is 0.500. The van der Waals surface area contributed by atoms with Gasteiger partial charge in [0.1, 0.15) is 0 Å². The summed E-state index contributed by atoms with van der Waals surface area (Å²) in [7, 11) is 0. The Labute approximate surface area is 119 Å². The molecule has 1 atom stereocenters. The number of rotatable bonds is 3. The summed E-state index contributed by atoms with van der Waals surface area (Å²) in [6.07, 6.45) is 3.14. The molecule has 20 heavy (non-hydrogen) atoms. The highest BCUT2D eigenvalue weighted by atomic mass is 16.5. The van der Waals surface area contributed by atoms with E-state index in [1.165, 1.54) is 12.0 Å². The van der Waals surface area contributed by atoms with Crippen LogP contribution in [0.25, 0.3) is 0 Å². The molecule has 0 unspecified atom stereocenters. The Balaban J connectivity index is 1.82. The molecule has 0 amide bonds. The van der Waals surface area contributed by atoms with Crippen molar-refractivity contribution >= 4 is 5.95 Å². The second-order valence-corrected chi connectivity index (χ2v) is 5.79. The van der Waals surface area contributed by atoms with Gasteiger partial charge < -0.3 is 9.42 Å². The molecule has 1 aromatic carbocycles. The predicted octanol–water partition coefficient (Wildman–Crippen LogP) is 3.19. The molecule has 0 radical (unpaired) electrons. The molecule has 1 aliphatic rings. The zero-order chi connectivity index (χ0) is 14.0. The van der Waals surface area contributed by atoms with Crippen molar-refractivity contribution < 1.29 is 4.52 Å². The van der Waals surface area contributed by atoms with Gasteiger partial charge >= 0.3 is 0 Å². The van der Waals surface area contributed by atoms with Crippen molar-refractivity contribution in [3.63, 3.8) is 0 Å². The van der Waals surface area contributed by atoms with Gasteiger partial charge in [0.2, 0.25) is 5.89 Å². The lowest BCUT2D eigenvalue weighted by Crippen LogP contribution is -2.44. The Bertz CT molecular complexity index is 566. The van der Waals surface area contributed by atoms with Gasteiger partial charge in [0.25, 0.3) is 5.95 Å². The largest absolute Gasteiger partial charge is 0.337 e. The Morgan fingerprint density at radius 2 is 2.10 bits per heavy atom. The van der Waals surface area contributed by atoms with Gasteiger partial charge in [0, 0.05) is 24.9 Å². The molecule has 0 aliphatic carbocycles. The minimum atomic E-state index is 0.159. The zero-order valence-corrected chi connectivity index (χ0v) is 12.2. The van der Waals surface area contributed by atoms with Gasteiger partial charge in [-0.25, -0.2) is 0 Å². The Morgan fingerprint density at radius 1 is 1.30 bits per heavy atom. The van der Waals surface area contributed by atoms with Gasteiger partial charge in [-0.05, 0) is 23.6 Å². The number of aryl methyl sites for hydroxylation is 1. The van der Waals surface area contributed by atoms with Gasteiger partial charge in [-0.3, -0.25) is 0 Å². The number of aromatic nitrogens is 2. The topological polar surface area (TPSA) is 42.2 Å². The molecule has 0 saturated carbocycles. The van der Waals surface area contributed by atoms with E-state index in [9.17, 15) is 0 Å². The molecule has 2 heterocycles. The molecule has 2 aromatic rings. The van der Waals surface area contributed by atoms with E-state index in [2.05, 4.69) is 52.3 Å². The summed E-state index contributed by atoms with van der Waals surface area (Å²) in [5.74, 6) is 1.45. The SMILES string of the molecule is CCc1nc(N2CCC[C@@](C)(c3ccccc3)C2)no1. The Hall–Kier alpha value is -1.84. The maximum atomic E-state index is 5.24. The van der Waals surface area contributed by atoms with E-state index < -0.39 is 0 Å². The average Bonchev–Trinajstić information content (AvgIpc) is 2.97. The van der Waals surface area contributed by atoms with Crippen LogP contribution < -0.4 is 4.90 Å². The smallest absolute Gasteiger partial charge is 0.266 e. The molecular formula is C16H21N3O. The van der Waals surface area contributed by atoms with Crippen molar-refractivity contribution in [2.24, 2.45) is 0 Å². The average molecular weight is 271 g/mol. The number of anilines is 1. The Kier molecular flexibility index (Phi) is 3.47. The van der Waals surface area contributed by atoms with Gasteiger partial charge in [-0.15, -0.1) is 0 Å². The molecule has 106 valence electrons. The highest BCUT2D eigenvalue weighted by molar-refractivity contribution is 5.35. The molecule has 3 rings (SSSR count). The third kappa shape index (κ3) is 2.42. The van der Waals surface area contributed by atoms with Crippen molar-refractivity contribution in [2.75, 3.05) is 18.0 Å². The van der Waals surface area contributed by atoms with Crippen LogP contribution in [0.3, 0.4) is 0 Å². The van der Waals surface area contributed by atoms with Crippen LogP contribution >= 0.6 is 0 Å². The van der Waals surface area contributed by atoms with Crippen LogP contribution in [0.5, 0.6) is 0 Å². The van der Waals surface area contributed by atoms with Crippen LogP contribution in [0.1, 0.15) is 38.1 Å². The van der Waals surface area contributed by atoms with Crippen molar-refractivity contribution in [3.05, 3.63) is 41.8 Å². The third-order valence-electron chi connectivity index (χ3n) is 4.21. The van der Waals surface area contributed by atoms with Gasteiger partial charge in [-0.1, -0.05) is 44.2 Å². The fourth-order valence-electron chi connectivity index (χ4n) is 3.00. The molecular weight excluding hydrogens is 250 g/mol. The predicted molar refractivity (Wildman–Crippen MR) is 78.9 cm³/mol. The summed E-state index contributed by atoms with van der Waals surface area (Å²) in [4.78, 5) is 6.71. The summed E-state index contributed by atoms with van der Waals surface area (Å²) in [5.41, 5.74) is 1.55. The van der Waals surface area contributed by atoms with Crippen LogP contribution in [-0.2, 0) is 11.8 Å². The summed E-state index contributed by atoms with van der Waals surface area (Å²) >= 11 is 0. The van der Waals surface area contributed by atoms with Gasteiger partial charge in [0.05, 0.1) is 0 Å². The first-order valence-electron chi connectivity index (χ1n) is 7.34. The van der Waals surface area contributed by atoms with Crippen LogP contribution in [0.15, 0.2) is 34.9 Å². The first-order chi connectivity index (χ1) is 9.71.